The number of pyridine rings is 1. The predicted molar refractivity (Wildman–Crippen MR) is 76.5 cm³/mol. The zero-order valence-corrected chi connectivity index (χ0v) is 11.3. The molecule has 0 unspecified atom stereocenters. The lowest BCUT2D eigenvalue weighted by Crippen LogP contribution is -2.38. The fourth-order valence-electron chi connectivity index (χ4n) is 2.50. The highest BCUT2D eigenvalue weighted by Crippen LogP contribution is 2.21. The summed E-state index contributed by atoms with van der Waals surface area (Å²) in [5.74, 6) is 0.0853. The standard InChI is InChI=1S/C15H15ClN2O/c16-11-6-9-18(10-7-11)15(19)13-5-8-17-14-4-2-1-3-12(13)14/h1-5,8,11H,6-7,9-10H2. The van der Waals surface area contributed by atoms with Gasteiger partial charge in [-0.3, -0.25) is 9.78 Å². The Kier molecular flexibility index (Phi) is 3.38. The highest BCUT2D eigenvalue weighted by Gasteiger charge is 2.23. The molecule has 2 aromatic rings. The van der Waals surface area contributed by atoms with Gasteiger partial charge in [-0.2, -0.15) is 0 Å². The van der Waals surface area contributed by atoms with Crippen molar-refractivity contribution in [2.75, 3.05) is 13.1 Å². The van der Waals surface area contributed by atoms with E-state index in [2.05, 4.69) is 4.98 Å². The Morgan fingerprint density at radius 2 is 1.95 bits per heavy atom. The molecule has 1 aromatic heterocycles. The summed E-state index contributed by atoms with van der Waals surface area (Å²) >= 11 is 6.08. The van der Waals surface area contributed by atoms with Crippen molar-refractivity contribution < 1.29 is 4.79 Å². The molecule has 1 aliphatic rings. The molecule has 3 rings (SSSR count). The molecule has 0 aliphatic carbocycles. The van der Waals surface area contributed by atoms with Gasteiger partial charge in [0, 0.05) is 30.0 Å². The summed E-state index contributed by atoms with van der Waals surface area (Å²) in [6.45, 7) is 1.48. The minimum absolute atomic E-state index is 0.0853. The van der Waals surface area contributed by atoms with E-state index in [1.165, 1.54) is 0 Å². The second-order valence-corrected chi connectivity index (χ2v) is 5.46. The van der Waals surface area contributed by atoms with Gasteiger partial charge in [-0.1, -0.05) is 18.2 Å². The third kappa shape index (κ3) is 2.43. The number of hydrogen-bond acceptors (Lipinski definition) is 2. The number of fused-ring (bicyclic) bond motifs is 1. The summed E-state index contributed by atoms with van der Waals surface area (Å²) in [6, 6.07) is 9.55. The molecule has 0 bridgehead atoms. The first-order valence-corrected chi connectivity index (χ1v) is 6.96. The average molecular weight is 275 g/mol. The molecular weight excluding hydrogens is 260 g/mol. The van der Waals surface area contributed by atoms with E-state index in [0.29, 0.717) is 0 Å². The van der Waals surface area contributed by atoms with Crippen LogP contribution in [0.3, 0.4) is 0 Å². The maximum Gasteiger partial charge on any atom is 0.254 e. The molecule has 3 nitrogen and oxygen atoms in total. The number of aromatic nitrogens is 1. The Balaban J connectivity index is 1.93. The van der Waals surface area contributed by atoms with Crippen LogP contribution in [0.2, 0.25) is 0 Å². The second-order valence-electron chi connectivity index (χ2n) is 4.84. The number of carbonyl (C=O) groups excluding carboxylic acids is 1. The van der Waals surface area contributed by atoms with E-state index in [0.717, 1.165) is 42.4 Å². The van der Waals surface area contributed by atoms with Crippen molar-refractivity contribution in [2.24, 2.45) is 0 Å². The van der Waals surface area contributed by atoms with Gasteiger partial charge in [0.25, 0.3) is 5.91 Å². The Bertz CT molecular complexity index is 601. The number of halogens is 1. The van der Waals surface area contributed by atoms with Crippen LogP contribution in [-0.4, -0.2) is 34.3 Å². The summed E-state index contributed by atoms with van der Waals surface area (Å²) < 4.78 is 0. The maximum atomic E-state index is 12.6. The molecule has 19 heavy (non-hydrogen) atoms. The molecule has 0 spiro atoms. The van der Waals surface area contributed by atoms with E-state index in [4.69, 9.17) is 11.6 Å². The molecule has 0 atom stereocenters. The third-order valence-electron chi connectivity index (χ3n) is 3.59. The summed E-state index contributed by atoms with van der Waals surface area (Å²) in [5, 5.41) is 1.13. The molecule has 4 heteroatoms. The van der Waals surface area contributed by atoms with Crippen LogP contribution in [0.1, 0.15) is 23.2 Å². The van der Waals surface area contributed by atoms with Crippen molar-refractivity contribution in [3.05, 3.63) is 42.1 Å². The van der Waals surface area contributed by atoms with Crippen LogP contribution >= 0.6 is 11.6 Å². The van der Waals surface area contributed by atoms with E-state index in [-0.39, 0.29) is 11.3 Å². The second kappa shape index (κ2) is 5.17. The minimum Gasteiger partial charge on any atom is -0.339 e. The normalized spacial score (nSPS) is 16.8. The van der Waals surface area contributed by atoms with Crippen molar-refractivity contribution in [3.8, 4) is 0 Å². The lowest BCUT2D eigenvalue weighted by molar-refractivity contribution is 0.0728. The van der Waals surface area contributed by atoms with Gasteiger partial charge < -0.3 is 4.90 Å². The molecule has 1 aliphatic heterocycles. The molecule has 2 heterocycles. The van der Waals surface area contributed by atoms with Crippen LogP contribution in [0.5, 0.6) is 0 Å². The van der Waals surface area contributed by atoms with Gasteiger partial charge >= 0.3 is 0 Å². The van der Waals surface area contributed by atoms with Crippen molar-refractivity contribution in [1.29, 1.82) is 0 Å². The number of likely N-dealkylation sites (tertiary alicyclic amines) is 1. The molecule has 1 amide bonds. The fourth-order valence-corrected chi connectivity index (χ4v) is 2.70. The van der Waals surface area contributed by atoms with E-state index in [1.54, 1.807) is 12.3 Å². The fraction of sp³-hybridized carbons (Fsp3) is 0.333. The molecule has 0 N–H and O–H groups in total. The number of alkyl halides is 1. The summed E-state index contributed by atoms with van der Waals surface area (Å²) in [4.78, 5) is 18.8. The molecule has 0 saturated carbocycles. The number of hydrogen-bond donors (Lipinski definition) is 0. The van der Waals surface area contributed by atoms with E-state index in [9.17, 15) is 4.79 Å². The molecule has 0 radical (unpaired) electrons. The van der Waals surface area contributed by atoms with Crippen molar-refractivity contribution >= 4 is 28.4 Å². The number of amides is 1. The van der Waals surface area contributed by atoms with Crippen LogP contribution in [0.4, 0.5) is 0 Å². The summed E-state index contributed by atoms with van der Waals surface area (Å²) in [5.41, 5.74) is 1.60. The molecule has 1 fully saturated rings. The number of nitrogens with zero attached hydrogens (tertiary/aromatic N) is 2. The van der Waals surface area contributed by atoms with E-state index >= 15 is 0 Å². The van der Waals surface area contributed by atoms with Crippen molar-refractivity contribution in [2.45, 2.75) is 18.2 Å². The first kappa shape index (κ1) is 12.4. The zero-order valence-electron chi connectivity index (χ0n) is 10.6. The predicted octanol–water partition coefficient (Wildman–Crippen LogP) is 3.08. The Morgan fingerprint density at radius 3 is 2.74 bits per heavy atom. The van der Waals surface area contributed by atoms with E-state index in [1.807, 2.05) is 29.2 Å². The quantitative estimate of drug-likeness (QED) is 0.749. The smallest absolute Gasteiger partial charge is 0.254 e. The number of carbonyl (C=O) groups is 1. The lowest BCUT2D eigenvalue weighted by atomic mass is 10.1. The Hall–Kier alpha value is -1.61. The highest BCUT2D eigenvalue weighted by atomic mass is 35.5. The topological polar surface area (TPSA) is 33.2 Å². The van der Waals surface area contributed by atoms with Gasteiger partial charge in [-0.15, -0.1) is 11.6 Å². The van der Waals surface area contributed by atoms with E-state index < -0.39 is 0 Å². The van der Waals surface area contributed by atoms with Crippen LogP contribution in [0.15, 0.2) is 36.5 Å². The zero-order chi connectivity index (χ0) is 13.2. The van der Waals surface area contributed by atoms with Gasteiger partial charge in [0.05, 0.1) is 11.1 Å². The highest BCUT2D eigenvalue weighted by molar-refractivity contribution is 6.20. The first-order chi connectivity index (χ1) is 9.25. The van der Waals surface area contributed by atoms with Crippen LogP contribution in [-0.2, 0) is 0 Å². The average Bonchev–Trinajstić information content (AvgIpc) is 2.47. The maximum absolute atomic E-state index is 12.6. The molecule has 1 saturated heterocycles. The van der Waals surface area contributed by atoms with Gasteiger partial charge in [0.15, 0.2) is 0 Å². The Morgan fingerprint density at radius 1 is 1.21 bits per heavy atom. The molecular formula is C15H15ClN2O. The number of para-hydroxylation sites is 1. The largest absolute Gasteiger partial charge is 0.339 e. The van der Waals surface area contributed by atoms with Crippen molar-refractivity contribution in [1.82, 2.24) is 9.88 Å². The van der Waals surface area contributed by atoms with Crippen molar-refractivity contribution in [3.63, 3.8) is 0 Å². The monoisotopic (exact) mass is 274 g/mol. The third-order valence-corrected chi connectivity index (χ3v) is 4.03. The molecule has 1 aromatic carbocycles. The number of benzene rings is 1. The minimum atomic E-state index is 0.0853. The number of rotatable bonds is 1. The van der Waals surface area contributed by atoms with Gasteiger partial charge in [0.1, 0.15) is 0 Å². The van der Waals surface area contributed by atoms with Crippen LogP contribution in [0.25, 0.3) is 10.9 Å². The van der Waals surface area contributed by atoms with Gasteiger partial charge in [0.2, 0.25) is 0 Å². The SMILES string of the molecule is O=C(c1ccnc2ccccc12)N1CCC(Cl)CC1. The van der Waals surface area contributed by atoms with Gasteiger partial charge in [-0.05, 0) is 25.0 Å². The number of piperidine rings is 1. The summed E-state index contributed by atoms with van der Waals surface area (Å²) in [6.07, 6.45) is 3.44. The first-order valence-electron chi connectivity index (χ1n) is 6.53. The van der Waals surface area contributed by atoms with Crippen LogP contribution < -0.4 is 0 Å². The van der Waals surface area contributed by atoms with Crippen LogP contribution in [0, 0.1) is 0 Å². The summed E-state index contributed by atoms with van der Waals surface area (Å²) in [7, 11) is 0. The lowest BCUT2D eigenvalue weighted by Gasteiger charge is -2.29. The Labute approximate surface area is 117 Å². The van der Waals surface area contributed by atoms with Gasteiger partial charge in [-0.25, -0.2) is 0 Å². The molecule has 98 valence electrons.